The molecule has 2 nitrogen and oxygen atoms in total. The van der Waals surface area contributed by atoms with Gasteiger partial charge in [-0.2, -0.15) is 13.3 Å². The summed E-state index contributed by atoms with van der Waals surface area (Å²) in [5, 5.41) is 0. The quantitative estimate of drug-likeness (QED) is 0.189. The van der Waals surface area contributed by atoms with Crippen molar-refractivity contribution >= 4 is 23.1 Å². The van der Waals surface area contributed by atoms with Gasteiger partial charge in [-0.3, -0.25) is 0 Å². The van der Waals surface area contributed by atoms with Gasteiger partial charge in [0.2, 0.25) is 0 Å². The summed E-state index contributed by atoms with van der Waals surface area (Å²) in [6.07, 6.45) is 13.8. The van der Waals surface area contributed by atoms with Gasteiger partial charge in [0.1, 0.15) is 6.79 Å². The minimum atomic E-state index is 0. The molecular weight excluding hydrogens is 340 g/mol. The van der Waals surface area contributed by atoms with Crippen molar-refractivity contribution in [1.29, 1.82) is 0 Å². The van der Waals surface area contributed by atoms with Crippen molar-refractivity contribution in [3.8, 4) is 0 Å². The van der Waals surface area contributed by atoms with E-state index in [2.05, 4.69) is 27.2 Å². The minimum absolute atomic E-state index is 0. The number of hydrogen-bond donors (Lipinski definition) is 0. The zero-order valence-electron chi connectivity index (χ0n) is 14.5. The average molecular weight is 376 g/mol. The second-order valence-electron chi connectivity index (χ2n) is 5.59. The van der Waals surface area contributed by atoms with Gasteiger partial charge in [-0.05, 0) is 12.8 Å². The maximum absolute atomic E-state index is 5.47. The molecule has 0 aromatic carbocycles. The van der Waals surface area contributed by atoms with E-state index in [9.17, 15) is 0 Å². The van der Waals surface area contributed by atoms with Crippen LogP contribution in [-0.2, 0) is 9.47 Å². The Morgan fingerprint density at radius 3 is 2.10 bits per heavy atom. The molecule has 0 amide bonds. The van der Waals surface area contributed by atoms with Gasteiger partial charge in [0, 0.05) is 13.2 Å². The normalized spacial score (nSPS) is 11.6. The Kier molecular flexibility index (Phi) is 30.2. The van der Waals surface area contributed by atoms with Crippen molar-refractivity contribution in [2.45, 2.75) is 78.6 Å². The van der Waals surface area contributed by atoms with Crippen LogP contribution in [0.25, 0.3) is 0 Å². The van der Waals surface area contributed by atoms with Gasteiger partial charge in [0.25, 0.3) is 0 Å². The SMILES string of the molecule is C[CH-]CC(C)CCCOCOCCCCCCCC.[Br-].[Mg+2]. The van der Waals surface area contributed by atoms with Crippen molar-refractivity contribution < 1.29 is 26.5 Å². The second kappa shape index (κ2) is 23.4. The molecule has 0 aliphatic rings. The van der Waals surface area contributed by atoms with E-state index in [0.717, 1.165) is 25.6 Å². The summed E-state index contributed by atoms with van der Waals surface area (Å²) in [6, 6.07) is 0. The molecule has 0 aromatic heterocycles. The first-order valence-corrected chi connectivity index (χ1v) is 8.24. The Labute approximate surface area is 160 Å². The van der Waals surface area contributed by atoms with Gasteiger partial charge in [-0.25, -0.2) is 0 Å². The molecular formula is C17H35BrMgO2. The number of rotatable bonds is 15. The monoisotopic (exact) mass is 374 g/mol. The Balaban J connectivity index is -0.00000162. The average Bonchev–Trinajstić information content (AvgIpc) is 2.40. The maximum Gasteiger partial charge on any atom is 2.00 e. The van der Waals surface area contributed by atoms with Crippen LogP contribution in [0.2, 0.25) is 0 Å². The van der Waals surface area contributed by atoms with E-state index in [0.29, 0.717) is 6.79 Å². The molecule has 21 heavy (non-hydrogen) atoms. The zero-order valence-corrected chi connectivity index (χ0v) is 17.5. The van der Waals surface area contributed by atoms with Crippen molar-refractivity contribution in [2.75, 3.05) is 20.0 Å². The van der Waals surface area contributed by atoms with Crippen LogP contribution in [0, 0.1) is 12.3 Å². The standard InChI is InChI=1S/C17H35O2.BrH.Mg/c1-4-6-7-8-9-10-14-18-16-19-15-11-13-17(3)12-5-2;;/h5,17H,4,6-16H2,1-3H3;1H;/q-1;;+2/p-1. The summed E-state index contributed by atoms with van der Waals surface area (Å²) >= 11 is 0. The molecule has 0 rings (SSSR count). The topological polar surface area (TPSA) is 18.5 Å². The van der Waals surface area contributed by atoms with E-state index in [1.807, 2.05) is 0 Å². The van der Waals surface area contributed by atoms with Crippen LogP contribution in [-0.4, -0.2) is 43.1 Å². The molecule has 4 heteroatoms. The minimum Gasteiger partial charge on any atom is -1.00 e. The Morgan fingerprint density at radius 1 is 0.905 bits per heavy atom. The molecule has 0 N–H and O–H groups in total. The van der Waals surface area contributed by atoms with Gasteiger partial charge < -0.3 is 32.9 Å². The van der Waals surface area contributed by atoms with E-state index >= 15 is 0 Å². The third-order valence-electron chi connectivity index (χ3n) is 3.43. The number of ether oxygens (including phenoxy) is 2. The summed E-state index contributed by atoms with van der Waals surface area (Å²) < 4.78 is 10.9. The molecule has 0 spiro atoms. The van der Waals surface area contributed by atoms with E-state index in [1.54, 1.807) is 0 Å². The largest absolute Gasteiger partial charge is 2.00 e. The fourth-order valence-electron chi connectivity index (χ4n) is 2.22. The van der Waals surface area contributed by atoms with Crippen molar-refractivity contribution in [3.05, 3.63) is 6.42 Å². The van der Waals surface area contributed by atoms with E-state index in [-0.39, 0.29) is 40.0 Å². The smallest absolute Gasteiger partial charge is 1.00 e. The van der Waals surface area contributed by atoms with Gasteiger partial charge in [0.05, 0.1) is 0 Å². The van der Waals surface area contributed by atoms with Crippen LogP contribution in [0.5, 0.6) is 0 Å². The van der Waals surface area contributed by atoms with Gasteiger partial charge >= 0.3 is 23.1 Å². The van der Waals surface area contributed by atoms with Gasteiger partial charge in [0.15, 0.2) is 0 Å². The van der Waals surface area contributed by atoms with Crippen LogP contribution in [0.15, 0.2) is 0 Å². The Hall–Kier alpha value is 1.17. The van der Waals surface area contributed by atoms with Crippen molar-refractivity contribution in [2.24, 2.45) is 5.92 Å². The predicted octanol–water partition coefficient (Wildman–Crippen LogP) is 1.99. The summed E-state index contributed by atoms with van der Waals surface area (Å²) in [5.41, 5.74) is 0. The molecule has 124 valence electrons. The Morgan fingerprint density at radius 2 is 1.48 bits per heavy atom. The number of unbranched alkanes of at least 4 members (excludes halogenated alkanes) is 5. The van der Waals surface area contributed by atoms with Crippen LogP contribution in [0.4, 0.5) is 0 Å². The van der Waals surface area contributed by atoms with Crippen LogP contribution in [0.1, 0.15) is 78.6 Å². The fourth-order valence-corrected chi connectivity index (χ4v) is 2.22. The van der Waals surface area contributed by atoms with Crippen molar-refractivity contribution in [1.82, 2.24) is 0 Å². The predicted molar refractivity (Wildman–Crippen MR) is 88.9 cm³/mol. The first kappa shape index (κ1) is 27.0. The van der Waals surface area contributed by atoms with Gasteiger partial charge in [-0.15, -0.1) is 0 Å². The number of halogens is 1. The maximum atomic E-state index is 5.47. The molecule has 0 aromatic rings. The third-order valence-corrected chi connectivity index (χ3v) is 3.43. The molecule has 0 aliphatic heterocycles. The Bertz CT molecular complexity index is 171. The molecule has 1 unspecified atom stereocenters. The molecule has 0 aliphatic carbocycles. The van der Waals surface area contributed by atoms with E-state index < -0.39 is 0 Å². The first-order valence-electron chi connectivity index (χ1n) is 8.24. The molecule has 0 saturated carbocycles. The molecule has 0 saturated heterocycles. The molecule has 0 bridgehead atoms. The van der Waals surface area contributed by atoms with Crippen molar-refractivity contribution in [3.63, 3.8) is 0 Å². The van der Waals surface area contributed by atoms with Gasteiger partial charge in [-0.1, -0.05) is 58.3 Å². The van der Waals surface area contributed by atoms with E-state index in [1.165, 1.54) is 51.4 Å². The molecule has 1 atom stereocenters. The van der Waals surface area contributed by atoms with E-state index in [4.69, 9.17) is 9.47 Å². The zero-order chi connectivity index (χ0) is 14.2. The van der Waals surface area contributed by atoms with Crippen LogP contribution >= 0.6 is 0 Å². The second-order valence-corrected chi connectivity index (χ2v) is 5.59. The summed E-state index contributed by atoms with van der Waals surface area (Å²) in [7, 11) is 0. The first-order chi connectivity index (χ1) is 9.31. The van der Waals surface area contributed by atoms with Crippen LogP contribution in [0.3, 0.4) is 0 Å². The fraction of sp³-hybridized carbons (Fsp3) is 0.941. The van der Waals surface area contributed by atoms with Crippen LogP contribution < -0.4 is 17.0 Å². The molecule has 0 radical (unpaired) electrons. The number of hydrogen-bond acceptors (Lipinski definition) is 2. The third kappa shape index (κ3) is 23.6. The molecule has 0 heterocycles. The summed E-state index contributed by atoms with van der Waals surface area (Å²) in [5.74, 6) is 0.789. The summed E-state index contributed by atoms with van der Waals surface area (Å²) in [4.78, 5) is 0. The summed E-state index contributed by atoms with van der Waals surface area (Å²) in [6.45, 7) is 8.85. The molecule has 0 fully saturated rings.